The summed E-state index contributed by atoms with van der Waals surface area (Å²) in [6, 6.07) is 15.8. The fraction of sp³-hybridized carbons (Fsp3) is 0.333. The molecule has 3 heteroatoms. The van der Waals surface area contributed by atoms with Gasteiger partial charge >= 0.3 is 0 Å². The standard InChI is InChI=1S/C18H21BrO2/c1-3-11-21-17-10-9-15(12-16(17)19)18(20)13(2)14-7-5-4-6-8-14/h4-10,12-13,18,20H,3,11H2,1-2H3. The third kappa shape index (κ3) is 4.08. The topological polar surface area (TPSA) is 29.5 Å². The van der Waals surface area contributed by atoms with Gasteiger partial charge in [-0.3, -0.25) is 0 Å². The molecule has 112 valence electrons. The summed E-state index contributed by atoms with van der Waals surface area (Å²) in [7, 11) is 0. The van der Waals surface area contributed by atoms with Crippen molar-refractivity contribution < 1.29 is 9.84 Å². The Labute approximate surface area is 134 Å². The quantitative estimate of drug-likeness (QED) is 0.789. The number of aliphatic hydroxyl groups excluding tert-OH is 1. The lowest BCUT2D eigenvalue weighted by Crippen LogP contribution is -2.08. The van der Waals surface area contributed by atoms with E-state index in [1.54, 1.807) is 0 Å². The zero-order chi connectivity index (χ0) is 15.2. The lowest BCUT2D eigenvalue weighted by atomic mass is 9.91. The fourth-order valence-electron chi connectivity index (χ4n) is 2.26. The maximum atomic E-state index is 10.6. The smallest absolute Gasteiger partial charge is 0.133 e. The number of aliphatic hydroxyl groups is 1. The molecule has 0 aliphatic carbocycles. The van der Waals surface area contributed by atoms with Gasteiger partial charge in [-0.25, -0.2) is 0 Å². The first-order valence-corrected chi connectivity index (χ1v) is 8.08. The van der Waals surface area contributed by atoms with Crippen LogP contribution in [-0.2, 0) is 0 Å². The van der Waals surface area contributed by atoms with Gasteiger partial charge in [0.15, 0.2) is 0 Å². The highest BCUT2D eigenvalue weighted by atomic mass is 79.9. The van der Waals surface area contributed by atoms with Crippen LogP contribution in [0.5, 0.6) is 5.75 Å². The summed E-state index contributed by atoms with van der Waals surface area (Å²) < 4.78 is 6.52. The molecule has 2 aromatic rings. The minimum absolute atomic E-state index is 0.0421. The van der Waals surface area contributed by atoms with Gasteiger partial charge in [0.05, 0.1) is 17.2 Å². The monoisotopic (exact) mass is 348 g/mol. The van der Waals surface area contributed by atoms with Crippen molar-refractivity contribution in [2.24, 2.45) is 0 Å². The van der Waals surface area contributed by atoms with Crippen LogP contribution in [0.1, 0.15) is 43.4 Å². The molecular formula is C18H21BrO2. The van der Waals surface area contributed by atoms with E-state index >= 15 is 0 Å². The van der Waals surface area contributed by atoms with E-state index in [1.807, 2.05) is 55.5 Å². The number of hydrogen-bond acceptors (Lipinski definition) is 2. The van der Waals surface area contributed by atoms with E-state index in [0.717, 1.165) is 27.8 Å². The van der Waals surface area contributed by atoms with Crippen LogP contribution in [0.3, 0.4) is 0 Å². The van der Waals surface area contributed by atoms with Crippen molar-refractivity contribution >= 4 is 15.9 Å². The number of halogens is 1. The van der Waals surface area contributed by atoms with Crippen LogP contribution in [-0.4, -0.2) is 11.7 Å². The third-order valence-electron chi connectivity index (χ3n) is 3.56. The Bertz CT molecular complexity index is 569. The van der Waals surface area contributed by atoms with Crippen LogP contribution < -0.4 is 4.74 Å². The summed E-state index contributed by atoms with van der Waals surface area (Å²) in [5.41, 5.74) is 2.02. The molecule has 0 radical (unpaired) electrons. The summed E-state index contributed by atoms with van der Waals surface area (Å²) >= 11 is 3.51. The number of rotatable bonds is 6. The molecule has 21 heavy (non-hydrogen) atoms. The largest absolute Gasteiger partial charge is 0.492 e. The summed E-state index contributed by atoms with van der Waals surface area (Å²) in [6.07, 6.45) is 0.436. The Morgan fingerprint density at radius 1 is 1.10 bits per heavy atom. The number of benzene rings is 2. The zero-order valence-electron chi connectivity index (χ0n) is 12.4. The molecule has 0 aliphatic heterocycles. The lowest BCUT2D eigenvalue weighted by Gasteiger charge is -2.20. The van der Waals surface area contributed by atoms with Gasteiger partial charge in [0.1, 0.15) is 5.75 Å². The molecule has 0 fully saturated rings. The molecule has 0 heterocycles. The van der Waals surface area contributed by atoms with Gasteiger partial charge < -0.3 is 9.84 Å². The van der Waals surface area contributed by atoms with Crippen molar-refractivity contribution in [1.29, 1.82) is 0 Å². The molecule has 0 amide bonds. The summed E-state index contributed by atoms with van der Waals surface area (Å²) in [5, 5.41) is 10.6. The maximum absolute atomic E-state index is 10.6. The van der Waals surface area contributed by atoms with E-state index in [4.69, 9.17) is 4.74 Å². The summed E-state index contributed by atoms with van der Waals surface area (Å²) in [5.74, 6) is 0.862. The predicted octanol–water partition coefficient (Wildman–Crippen LogP) is 5.08. The van der Waals surface area contributed by atoms with Gasteiger partial charge in [0.2, 0.25) is 0 Å². The van der Waals surface area contributed by atoms with Crippen LogP contribution >= 0.6 is 15.9 Å². The first-order valence-electron chi connectivity index (χ1n) is 7.28. The van der Waals surface area contributed by atoms with Crippen molar-refractivity contribution in [3.05, 3.63) is 64.1 Å². The van der Waals surface area contributed by atoms with E-state index in [-0.39, 0.29) is 5.92 Å². The van der Waals surface area contributed by atoms with E-state index in [0.29, 0.717) is 6.61 Å². The van der Waals surface area contributed by atoms with E-state index < -0.39 is 6.10 Å². The third-order valence-corrected chi connectivity index (χ3v) is 4.18. The van der Waals surface area contributed by atoms with Crippen LogP contribution in [0.15, 0.2) is 53.0 Å². The number of ether oxygens (including phenoxy) is 1. The van der Waals surface area contributed by atoms with Gasteiger partial charge in [0, 0.05) is 5.92 Å². The van der Waals surface area contributed by atoms with E-state index in [1.165, 1.54) is 0 Å². The SMILES string of the molecule is CCCOc1ccc(C(O)C(C)c2ccccc2)cc1Br. The second-order valence-corrected chi connectivity index (χ2v) is 6.04. The molecule has 2 rings (SSSR count). The van der Waals surface area contributed by atoms with Gasteiger partial charge in [-0.1, -0.05) is 50.2 Å². The van der Waals surface area contributed by atoms with Crippen LogP contribution in [0.4, 0.5) is 0 Å². The van der Waals surface area contributed by atoms with Gasteiger partial charge in [-0.2, -0.15) is 0 Å². The van der Waals surface area contributed by atoms with Gasteiger partial charge in [-0.15, -0.1) is 0 Å². The Morgan fingerprint density at radius 2 is 1.81 bits per heavy atom. The molecule has 2 unspecified atom stereocenters. The first-order chi connectivity index (χ1) is 10.1. The van der Waals surface area contributed by atoms with Crippen molar-refractivity contribution in [3.8, 4) is 5.75 Å². The molecular weight excluding hydrogens is 328 g/mol. The maximum Gasteiger partial charge on any atom is 0.133 e. The predicted molar refractivity (Wildman–Crippen MR) is 89.7 cm³/mol. The second-order valence-electron chi connectivity index (χ2n) is 5.18. The summed E-state index contributed by atoms with van der Waals surface area (Å²) in [6.45, 7) is 4.81. The molecule has 2 aromatic carbocycles. The van der Waals surface area contributed by atoms with Crippen molar-refractivity contribution in [3.63, 3.8) is 0 Å². The van der Waals surface area contributed by atoms with Crippen LogP contribution in [0.2, 0.25) is 0 Å². The Hall–Kier alpha value is -1.32. The lowest BCUT2D eigenvalue weighted by molar-refractivity contribution is 0.151. The van der Waals surface area contributed by atoms with Crippen molar-refractivity contribution in [2.75, 3.05) is 6.61 Å². The molecule has 0 aliphatic rings. The molecule has 2 nitrogen and oxygen atoms in total. The minimum Gasteiger partial charge on any atom is -0.492 e. The highest BCUT2D eigenvalue weighted by molar-refractivity contribution is 9.10. The summed E-state index contributed by atoms with van der Waals surface area (Å²) in [4.78, 5) is 0. The average molecular weight is 349 g/mol. The number of hydrogen-bond donors (Lipinski definition) is 1. The molecule has 2 atom stereocenters. The molecule has 0 aromatic heterocycles. The van der Waals surface area contributed by atoms with Gasteiger partial charge in [0.25, 0.3) is 0 Å². The molecule has 0 bridgehead atoms. The minimum atomic E-state index is -0.538. The van der Waals surface area contributed by atoms with Gasteiger partial charge in [-0.05, 0) is 45.6 Å². The van der Waals surface area contributed by atoms with E-state index in [9.17, 15) is 5.11 Å². The fourth-order valence-corrected chi connectivity index (χ4v) is 2.77. The van der Waals surface area contributed by atoms with E-state index in [2.05, 4.69) is 22.9 Å². The highest BCUT2D eigenvalue weighted by Crippen LogP contribution is 2.34. The molecule has 0 saturated heterocycles. The zero-order valence-corrected chi connectivity index (χ0v) is 14.0. The second kappa shape index (κ2) is 7.62. The Morgan fingerprint density at radius 3 is 2.43 bits per heavy atom. The molecule has 1 N–H and O–H groups in total. The molecule has 0 saturated carbocycles. The first kappa shape index (κ1) is 16.1. The highest BCUT2D eigenvalue weighted by Gasteiger charge is 2.19. The Kier molecular flexibility index (Phi) is 5.83. The molecule has 0 spiro atoms. The Balaban J connectivity index is 2.16. The van der Waals surface area contributed by atoms with Crippen molar-refractivity contribution in [2.45, 2.75) is 32.3 Å². The average Bonchev–Trinajstić information content (AvgIpc) is 2.53. The van der Waals surface area contributed by atoms with Crippen molar-refractivity contribution in [1.82, 2.24) is 0 Å². The normalized spacial score (nSPS) is 13.7. The van der Waals surface area contributed by atoms with Crippen LogP contribution in [0.25, 0.3) is 0 Å². The van der Waals surface area contributed by atoms with Crippen LogP contribution in [0, 0.1) is 0 Å².